The van der Waals surface area contributed by atoms with Crippen LogP contribution in [0.25, 0.3) is 0 Å². The number of nitrogens with zero attached hydrogens (tertiary/aromatic N) is 1. The van der Waals surface area contributed by atoms with E-state index in [0.717, 1.165) is 10.9 Å². The smallest absolute Gasteiger partial charge is 0.255 e. The molecule has 2 aliphatic rings. The summed E-state index contributed by atoms with van der Waals surface area (Å²) in [5, 5.41) is 0. The van der Waals surface area contributed by atoms with Crippen LogP contribution in [0.2, 0.25) is 0 Å². The number of carbonyl (C=O) groups is 1. The lowest BCUT2D eigenvalue weighted by Gasteiger charge is -2.45. The summed E-state index contributed by atoms with van der Waals surface area (Å²) < 4.78 is 7.31. The van der Waals surface area contributed by atoms with Crippen molar-refractivity contribution in [3.8, 4) is 0 Å². The predicted molar refractivity (Wildman–Crippen MR) is 106 cm³/mol. The Morgan fingerprint density at radius 1 is 1.15 bits per heavy atom. The molecule has 136 valence electrons. The van der Waals surface area contributed by atoms with Gasteiger partial charge in [0.15, 0.2) is 0 Å². The van der Waals surface area contributed by atoms with E-state index in [1.807, 2.05) is 18.7 Å². The molecule has 0 saturated carbocycles. The van der Waals surface area contributed by atoms with Crippen molar-refractivity contribution in [1.82, 2.24) is 4.90 Å². The van der Waals surface area contributed by atoms with E-state index in [1.165, 1.54) is 27.8 Å². The number of aryl methyl sites for hydroxylation is 2. The van der Waals surface area contributed by atoms with Gasteiger partial charge in [-0.2, -0.15) is 0 Å². The molecule has 1 saturated heterocycles. The molecule has 0 aromatic heterocycles. The van der Waals surface area contributed by atoms with Gasteiger partial charge in [0.2, 0.25) is 0 Å². The van der Waals surface area contributed by atoms with Gasteiger partial charge in [-0.25, -0.2) is 0 Å². The highest BCUT2D eigenvalue weighted by Gasteiger charge is 2.50. The lowest BCUT2D eigenvalue weighted by Crippen LogP contribution is -2.57. The first-order chi connectivity index (χ1) is 12.3. The molecule has 0 spiro atoms. The first kappa shape index (κ1) is 17.7. The molecule has 2 atom stereocenters. The summed E-state index contributed by atoms with van der Waals surface area (Å²) in [6.07, 6.45) is 0.859. The number of halogens is 1. The van der Waals surface area contributed by atoms with Gasteiger partial charge in [0, 0.05) is 17.4 Å². The second-order valence-corrected chi connectivity index (χ2v) is 8.93. The van der Waals surface area contributed by atoms with Crippen molar-refractivity contribution >= 4 is 21.8 Å². The molecule has 2 aromatic carbocycles. The largest absolute Gasteiger partial charge is 0.360 e. The number of rotatable bonds is 2. The van der Waals surface area contributed by atoms with Crippen LogP contribution in [-0.2, 0) is 22.5 Å². The molecule has 0 N–H and O–H groups in total. The monoisotopic (exact) mass is 413 g/mol. The maximum absolute atomic E-state index is 13.2. The number of morpholine rings is 1. The third kappa shape index (κ3) is 2.89. The van der Waals surface area contributed by atoms with E-state index in [-0.39, 0.29) is 18.1 Å². The van der Waals surface area contributed by atoms with Crippen LogP contribution >= 0.6 is 15.9 Å². The number of benzene rings is 2. The maximum atomic E-state index is 13.2. The standard InChI is InChI=1S/C22H24BrNO2/c1-13-5-6-15(9-14(13)2)12-24-20-18-8-7-17(23)10-16(18)11-19(20)26-22(3,4)21(24)25/h5-10,19-20H,11-12H2,1-4H3/t19-,20+/m0/s1. The van der Waals surface area contributed by atoms with E-state index in [0.29, 0.717) is 6.54 Å². The van der Waals surface area contributed by atoms with Crippen molar-refractivity contribution in [3.05, 3.63) is 68.7 Å². The summed E-state index contributed by atoms with van der Waals surface area (Å²) in [6.45, 7) is 8.62. The van der Waals surface area contributed by atoms with Crippen LogP contribution in [0.1, 0.15) is 47.7 Å². The summed E-state index contributed by atoms with van der Waals surface area (Å²) in [5.41, 5.74) is 5.39. The molecule has 4 heteroatoms. The summed E-state index contributed by atoms with van der Waals surface area (Å²) in [5.74, 6) is 0.0627. The third-order valence-corrected chi connectivity index (χ3v) is 6.17. The highest BCUT2D eigenvalue weighted by Crippen LogP contribution is 2.45. The highest BCUT2D eigenvalue weighted by molar-refractivity contribution is 9.10. The van der Waals surface area contributed by atoms with Crippen molar-refractivity contribution in [2.24, 2.45) is 0 Å². The number of hydrogen-bond acceptors (Lipinski definition) is 2. The Kier molecular flexibility index (Phi) is 4.24. The Morgan fingerprint density at radius 3 is 2.65 bits per heavy atom. The molecule has 1 amide bonds. The molecule has 26 heavy (non-hydrogen) atoms. The van der Waals surface area contributed by atoms with Gasteiger partial charge < -0.3 is 9.64 Å². The van der Waals surface area contributed by atoms with Gasteiger partial charge in [0.1, 0.15) is 5.60 Å². The molecule has 1 heterocycles. The lowest BCUT2D eigenvalue weighted by molar-refractivity contribution is -0.190. The van der Waals surface area contributed by atoms with Gasteiger partial charge in [0.25, 0.3) is 5.91 Å². The molecule has 3 nitrogen and oxygen atoms in total. The van der Waals surface area contributed by atoms with Crippen molar-refractivity contribution in [1.29, 1.82) is 0 Å². The van der Waals surface area contributed by atoms with Gasteiger partial charge in [-0.3, -0.25) is 4.79 Å². The fourth-order valence-electron chi connectivity index (χ4n) is 4.21. The Labute approximate surface area is 163 Å². The van der Waals surface area contributed by atoms with Gasteiger partial charge in [0.05, 0.1) is 12.1 Å². The van der Waals surface area contributed by atoms with E-state index >= 15 is 0 Å². The molecular weight excluding hydrogens is 390 g/mol. The summed E-state index contributed by atoms with van der Waals surface area (Å²) in [4.78, 5) is 15.2. The average molecular weight is 414 g/mol. The van der Waals surface area contributed by atoms with Crippen LogP contribution in [0.4, 0.5) is 0 Å². The van der Waals surface area contributed by atoms with Gasteiger partial charge in [-0.1, -0.05) is 40.2 Å². The zero-order valence-electron chi connectivity index (χ0n) is 15.7. The summed E-state index contributed by atoms with van der Waals surface area (Å²) in [6, 6.07) is 12.8. The number of fused-ring (bicyclic) bond motifs is 3. The van der Waals surface area contributed by atoms with Crippen LogP contribution in [0.15, 0.2) is 40.9 Å². The fraction of sp³-hybridized carbons (Fsp3) is 0.409. The van der Waals surface area contributed by atoms with Crippen LogP contribution in [0.3, 0.4) is 0 Å². The SMILES string of the molecule is Cc1ccc(CN2C(=O)C(C)(C)O[C@H]3Cc4cc(Br)ccc4[C@H]32)cc1C. The predicted octanol–water partition coefficient (Wildman–Crippen LogP) is 4.87. The van der Waals surface area contributed by atoms with E-state index in [4.69, 9.17) is 4.74 Å². The van der Waals surface area contributed by atoms with E-state index in [1.54, 1.807) is 0 Å². The first-order valence-corrected chi connectivity index (χ1v) is 9.89. The Bertz CT molecular complexity index is 890. The first-order valence-electron chi connectivity index (χ1n) is 9.09. The molecule has 2 aromatic rings. The second-order valence-electron chi connectivity index (χ2n) is 8.01. The molecule has 1 aliphatic heterocycles. The Hall–Kier alpha value is -1.65. The average Bonchev–Trinajstić information content (AvgIpc) is 2.91. The number of amides is 1. The fourth-order valence-corrected chi connectivity index (χ4v) is 4.62. The van der Waals surface area contributed by atoms with Crippen molar-refractivity contribution < 1.29 is 9.53 Å². The minimum absolute atomic E-state index is 0.0125. The minimum atomic E-state index is -0.791. The number of ether oxygens (including phenoxy) is 1. The summed E-state index contributed by atoms with van der Waals surface area (Å²) in [7, 11) is 0. The van der Waals surface area contributed by atoms with Crippen molar-refractivity contribution in [2.45, 2.75) is 58.4 Å². The Morgan fingerprint density at radius 2 is 1.92 bits per heavy atom. The minimum Gasteiger partial charge on any atom is -0.360 e. The van der Waals surface area contributed by atoms with Crippen LogP contribution in [-0.4, -0.2) is 22.5 Å². The number of carbonyl (C=O) groups excluding carboxylic acids is 1. The van der Waals surface area contributed by atoms with Crippen molar-refractivity contribution in [2.75, 3.05) is 0 Å². The van der Waals surface area contributed by atoms with Crippen molar-refractivity contribution in [3.63, 3.8) is 0 Å². The van der Waals surface area contributed by atoms with Crippen LogP contribution in [0.5, 0.6) is 0 Å². The van der Waals surface area contributed by atoms with E-state index in [9.17, 15) is 4.79 Å². The topological polar surface area (TPSA) is 29.5 Å². The zero-order chi connectivity index (χ0) is 18.6. The molecule has 1 aliphatic carbocycles. The highest BCUT2D eigenvalue weighted by atomic mass is 79.9. The van der Waals surface area contributed by atoms with Gasteiger partial charge in [-0.05, 0) is 67.6 Å². The van der Waals surface area contributed by atoms with E-state index in [2.05, 4.69) is 66.2 Å². The Balaban J connectivity index is 1.74. The molecule has 0 bridgehead atoms. The lowest BCUT2D eigenvalue weighted by atomic mass is 9.96. The second kappa shape index (κ2) is 6.21. The maximum Gasteiger partial charge on any atom is 0.255 e. The quantitative estimate of drug-likeness (QED) is 0.702. The van der Waals surface area contributed by atoms with Gasteiger partial charge in [-0.15, -0.1) is 0 Å². The number of hydrogen-bond donors (Lipinski definition) is 0. The molecule has 0 unspecified atom stereocenters. The molecule has 4 rings (SSSR count). The van der Waals surface area contributed by atoms with Gasteiger partial charge >= 0.3 is 0 Å². The zero-order valence-corrected chi connectivity index (χ0v) is 17.3. The van der Waals surface area contributed by atoms with E-state index < -0.39 is 5.60 Å². The molecular formula is C22H24BrNO2. The molecule has 0 radical (unpaired) electrons. The summed E-state index contributed by atoms with van der Waals surface area (Å²) >= 11 is 3.56. The molecule has 1 fully saturated rings. The normalized spacial score (nSPS) is 23.7. The van der Waals surface area contributed by atoms with Crippen LogP contribution in [0, 0.1) is 13.8 Å². The van der Waals surface area contributed by atoms with Crippen LogP contribution < -0.4 is 0 Å². The third-order valence-electron chi connectivity index (χ3n) is 5.68.